The Morgan fingerprint density at radius 2 is 2.35 bits per heavy atom. The third kappa shape index (κ3) is 3.70. The summed E-state index contributed by atoms with van der Waals surface area (Å²) >= 11 is 0. The molecule has 2 rings (SSSR count). The fraction of sp³-hybridized carbons (Fsp3) is 0.571. The number of hydrogen-bond donors (Lipinski definition) is 1. The Bertz CT molecular complexity index is 361. The van der Waals surface area contributed by atoms with Gasteiger partial charge in [0.25, 0.3) is 0 Å². The molecule has 94 valence electrons. The van der Waals surface area contributed by atoms with Gasteiger partial charge in [-0.25, -0.2) is 4.39 Å². The SMILES string of the molecule is Cc1ccc(F)cc1NCCCC1CCCO1. The molecule has 3 heteroatoms. The highest BCUT2D eigenvalue weighted by Crippen LogP contribution is 2.18. The maximum atomic E-state index is 13.0. The number of hydrogen-bond acceptors (Lipinski definition) is 2. The minimum absolute atomic E-state index is 0.183. The van der Waals surface area contributed by atoms with E-state index >= 15 is 0 Å². The Balaban J connectivity index is 1.72. The number of aryl methyl sites for hydroxylation is 1. The molecule has 1 aliphatic heterocycles. The molecule has 1 heterocycles. The number of ether oxygens (including phenoxy) is 1. The van der Waals surface area contributed by atoms with Crippen molar-refractivity contribution in [1.29, 1.82) is 0 Å². The molecular formula is C14H20FNO. The summed E-state index contributed by atoms with van der Waals surface area (Å²) < 4.78 is 18.6. The van der Waals surface area contributed by atoms with Crippen LogP contribution >= 0.6 is 0 Å². The van der Waals surface area contributed by atoms with Gasteiger partial charge in [0.2, 0.25) is 0 Å². The van der Waals surface area contributed by atoms with Crippen molar-refractivity contribution in [2.24, 2.45) is 0 Å². The van der Waals surface area contributed by atoms with Crippen molar-refractivity contribution in [3.8, 4) is 0 Å². The van der Waals surface area contributed by atoms with Crippen LogP contribution in [0.4, 0.5) is 10.1 Å². The summed E-state index contributed by atoms with van der Waals surface area (Å²) in [5.41, 5.74) is 1.99. The zero-order valence-corrected chi connectivity index (χ0v) is 10.3. The molecule has 1 saturated heterocycles. The fourth-order valence-electron chi connectivity index (χ4n) is 2.21. The molecule has 1 unspecified atom stereocenters. The predicted molar refractivity (Wildman–Crippen MR) is 67.8 cm³/mol. The molecule has 1 fully saturated rings. The second kappa shape index (κ2) is 6.01. The van der Waals surface area contributed by atoms with Crippen molar-refractivity contribution >= 4 is 5.69 Å². The summed E-state index contributed by atoms with van der Waals surface area (Å²) in [6.45, 7) is 3.78. The van der Waals surface area contributed by atoms with Crippen molar-refractivity contribution in [2.75, 3.05) is 18.5 Å². The number of benzene rings is 1. The van der Waals surface area contributed by atoms with Crippen LogP contribution in [-0.4, -0.2) is 19.3 Å². The van der Waals surface area contributed by atoms with E-state index in [-0.39, 0.29) is 5.82 Å². The summed E-state index contributed by atoms with van der Waals surface area (Å²) in [5.74, 6) is -0.183. The highest BCUT2D eigenvalue weighted by Gasteiger charge is 2.14. The lowest BCUT2D eigenvalue weighted by Gasteiger charge is -2.11. The molecule has 0 bridgehead atoms. The molecule has 0 spiro atoms. The van der Waals surface area contributed by atoms with Crippen molar-refractivity contribution < 1.29 is 9.13 Å². The van der Waals surface area contributed by atoms with Crippen LogP contribution < -0.4 is 5.32 Å². The molecule has 0 radical (unpaired) electrons. The maximum absolute atomic E-state index is 13.0. The summed E-state index contributed by atoms with van der Waals surface area (Å²) in [7, 11) is 0. The predicted octanol–water partition coefficient (Wildman–Crippen LogP) is 3.51. The van der Waals surface area contributed by atoms with E-state index in [4.69, 9.17) is 4.74 Å². The number of rotatable bonds is 5. The second-order valence-electron chi connectivity index (χ2n) is 4.66. The highest BCUT2D eigenvalue weighted by molar-refractivity contribution is 5.50. The van der Waals surface area contributed by atoms with E-state index in [2.05, 4.69) is 5.32 Å². The van der Waals surface area contributed by atoms with Crippen LogP contribution in [0.5, 0.6) is 0 Å². The molecule has 17 heavy (non-hydrogen) atoms. The number of nitrogens with one attached hydrogen (secondary N) is 1. The Labute approximate surface area is 102 Å². The third-order valence-corrected chi connectivity index (χ3v) is 3.24. The van der Waals surface area contributed by atoms with Gasteiger partial charge >= 0.3 is 0 Å². The number of anilines is 1. The minimum Gasteiger partial charge on any atom is -0.385 e. The summed E-state index contributed by atoms with van der Waals surface area (Å²) in [6, 6.07) is 4.85. The van der Waals surface area contributed by atoms with Gasteiger partial charge < -0.3 is 10.1 Å². The van der Waals surface area contributed by atoms with Gasteiger partial charge in [-0.15, -0.1) is 0 Å². The van der Waals surface area contributed by atoms with Crippen LogP contribution in [0.15, 0.2) is 18.2 Å². The van der Waals surface area contributed by atoms with Crippen LogP contribution in [0.3, 0.4) is 0 Å². The van der Waals surface area contributed by atoms with Gasteiger partial charge in [-0.05, 0) is 50.3 Å². The molecule has 1 aromatic rings. The van der Waals surface area contributed by atoms with E-state index < -0.39 is 0 Å². The van der Waals surface area contributed by atoms with Gasteiger partial charge in [0.05, 0.1) is 6.10 Å². The minimum atomic E-state index is -0.183. The zero-order chi connectivity index (χ0) is 12.1. The average Bonchev–Trinajstić information content (AvgIpc) is 2.82. The molecule has 1 atom stereocenters. The summed E-state index contributed by atoms with van der Waals surface area (Å²) in [4.78, 5) is 0. The lowest BCUT2D eigenvalue weighted by atomic mass is 10.1. The molecule has 0 aromatic heterocycles. The Hall–Kier alpha value is -1.09. The van der Waals surface area contributed by atoms with Crippen LogP contribution in [0.2, 0.25) is 0 Å². The van der Waals surface area contributed by atoms with Crippen molar-refractivity contribution in [3.05, 3.63) is 29.6 Å². The van der Waals surface area contributed by atoms with Crippen LogP contribution in [-0.2, 0) is 4.74 Å². The second-order valence-corrected chi connectivity index (χ2v) is 4.66. The van der Waals surface area contributed by atoms with Crippen molar-refractivity contribution in [2.45, 2.75) is 38.7 Å². The van der Waals surface area contributed by atoms with Gasteiger partial charge in [-0.2, -0.15) is 0 Å². The van der Waals surface area contributed by atoms with Gasteiger partial charge in [0.1, 0.15) is 5.82 Å². The van der Waals surface area contributed by atoms with E-state index in [0.717, 1.165) is 37.2 Å². The van der Waals surface area contributed by atoms with Crippen molar-refractivity contribution in [3.63, 3.8) is 0 Å². The van der Waals surface area contributed by atoms with E-state index in [1.807, 2.05) is 6.92 Å². The fourth-order valence-corrected chi connectivity index (χ4v) is 2.21. The molecule has 2 nitrogen and oxygen atoms in total. The third-order valence-electron chi connectivity index (χ3n) is 3.24. The largest absolute Gasteiger partial charge is 0.385 e. The van der Waals surface area contributed by atoms with Crippen LogP contribution in [0, 0.1) is 12.7 Å². The average molecular weight is 237 g/mol. The normalized spacial score (nSPS) is 19.5. The highest BCUT2D eigenvalue weighted by atomic mass is 19.1. The van der Waals surface area contributed by atoms with Gasteiger partial charge in [0.15, 0.2) is 0 Å². The van der Waals surface area contributed by atoms with E-state index in [1.165, 1.54) is 18.9 Å². The van der Waals surface area contributed by atoms with E-state index in [1.54, 1.807) is 12.1 Å². The summed E-state index contributed by atoms with van der Waals surface area (Å²) in [6.07, 6.45) is 5.01. The molecule has 1 aliphatic rings. The molecule has 1 N–H and O–H groups in total. The lowest BCUT2D eigenvalue weighted by molar-refractivity contribution is 0.103. The topological polar surface area (TPSA) is 21.3 Å². The molecule has 0 aliphatic carbocycles. The number of halogens is 1. The Kier molecular flexibility index (Phi) is 4.37. The van der Waals surface area contributed by atoms with Crippen LogP contribution in [0.25, 0.3) is 0 Å². The Morgan fingerprint density at radius 1 is 1.47 bits per heavy atom. The first-order valence-electron chi connectivity index (χ1n) is 6.37. The van der Waals surface area contributed by atoms with Crippen LogP contribution in [0.1, 0.15) is 31.2 Å². The van der Waals surface area contributed by atoms with Crippen molar-refractivity contribution in [1.82, 2.24) is 0 Å². The monoisotopic (exact) mass is 237 g/mol. The van der Waals surface area contributed by atoms with Gasteiger partial charge in [0, 0.05) is 18.8 Å². The van der Waals surface area contributed by atoms with E-state index in [0.29, 0.717) is 6.10 Å². The first-order chi connectivity index (χ1) is 8.25. The lowest BCUT2D eigenvalue weighted by Crippen LogP contribution is -2.09. The molecule has 0 amide bonds. The Morgan fingerprint density at radius 3 is 3.12 bits per heavy atom. The van der Waals surface area contributed by atoms with Gasteiger partial charge in [-0.1, -0.05) is 6.07 Å². The first kappa shape index (κ1) is 12.4. The smallest absolute Gasteiger partial charge is 0.125 e. The molecular weight excluding hydrogens is 217 g/mol. The zero-order valence-electron chi connectivity index (χ0n) is 10.3. The summed E-state index contributed by atoms with van der Waals surface area (Å²) in [5, 5.41) is 3.28. The quantitative estimate of drug-likeness (QED) is 0.791. The molecule has 1 aromatic carbocycles. The standard InChI is InChI=1S/C14H20FNO/c1-11-6-7-12(15)10-14(11)16-8-2-4-13-5-3-9-17-13/h6-7,10,13,16H,2-5,8-9H2,1H3. The van der Waals surface area contributed by atoms with E-state index in [9.17, 15) is 4.39 Å². The maximum Gasteiger partial charge on any atom is 0.125 e. The molecule has 0 saturated carbocycles. The van der Waals surface area contributed by atoms with Gasteiger partial charge in [-0.3, -0.25) is 0 Å². The first-order valence-corrected chi connectivity index (χ1v) is 6.37.